The third kappa shape index (κ3) is 4.64. The molecule has 0 aliphatic heterocycles. The molecule has 10 heavy (non-hydrogen) atoms. The molecule has 0 spiro atoms. The molecule has 0 aromatic carbocycles. The van der Waals surface area contributed by atoms with E-state index in [1.807, 2.05) is 13.8 Å². The molecule has 0 saturated heterocycles. The van der Waals surface area contributed by atoms with Gasteiger partial charge in [-0.1, -0.05) is 0 Å². The van der Waals surface area contributed by atoms with Crippen molar-refractivity contribution < 1.29 is 53.3 Å². The first-order valence-corrected chi connectivity index (χ1v) is 2.27. The van der Waals surface area contributed by atoms with E-state index in [-0.39, 0.29) is 53.3 Å². The van der Waals surface area contributed by atoms with E-state index in [1.165, 1.54) is 0 Å². The minimum atomic E-state index is 0. The average molecular weight is 284 g/mol. The molecule has 60 valence electrons. The van der Waals surface area contributed by atoms with Crippen molar-refractivity contribution in [3.8, 4) is 0 Å². The van der Waals surface area contributed by atoms with Gasteiger partial charge in [0.25, 0.3) is 0 Å². The fraction of sp³-hybridized carbons (Fsp3) is 0.400. The van der Waals surface area contributed by atoms with Gasteiger partial charge in [0.1, 0.15) is 0 Å². The molecule has 0 unspecified atom stereocenters. The van der Waals surface area contributed by atoms with Gasteiger partial charge in [-0.05, 0) is 13.8 Å². The van der Waals surface area contributed by atoms with E-state index < -0.39 is 0 Å². The van der Waals surface area contributed by atoms with Crippen molar-refractivity contribution in [1.29, 1.82) is 0 Å². The summed E-state index contributed by atoms with van der Waals surface area (Å²) in [7, 11) is 0. The second-order valence-electron chi connectivity index (χ2n) is 1.61. The van der Waals surface area contributed by atoms with Gasteiger partial charge in [-0.25, -0.2) is 4.98 Å². The average Bonchev–Trinajstić information content (AvgIpc) is 1.91. The summed E-state index contributed by atoms with van der Waals surface area (Å²) >= 11 is 0. The van der Waals surface area contributed by atoms with Crippen LogP contribution in [0.2, 0.25) is 0 Å². The summed E-state index contributed by atoms with van der Waals surface area (Å²) in [6.45, 7) is 3.98. The van der Waals surface area contributed by atoms with Gasteiger partial charge in [0.2, 0.25) is 0 Å². The number of rotatable bonds is 0. The molecule has 5 heteroatoms. The summed E-state index contributed by atoms with van der Waals surface area (Å²) in [5.74, 6) is 0. The molecular formula is C5H8CoCuN2Zn. The molecular weight excluding hydrogens is 276 g/mol. The Labute approximate surface area is 94.4 Å². The SMILES string of the molecule is Cc1nc[nH]c1C.[Co].[Cu].[Zn]. The summed E-state index contributed by atoms with van der Waals surface area (Å²) in [5.41, 5.74) is 2.24. The van der Waals surface area contributed by atoms with Crippen LogP contribution < -0.4 is 0 Å². The van der Waals surface area contributed by atoms with Crippen LogP contribution in [0.5, 0.6) is 0 Å². The third-order valence-corrected chi connectivity index (χ3v) is 1.08. The van der Waals surface area contributed by atoms with Gasteiger partial charge in [-0.15, -0.1) is 0 Å². The molecule has 0 bridgehead atoms. The van der Waals surface area contributed by atoms with E-state index in [2.05, 4.69) is 9.97 Å². The fourth-order valence-corrected chi connectivity index (χ4v) is 0.427. The maximum absolute atomic E-state index is 3.96. The van der Waals surface area contributed by atoms with Gasteiger partial charge in [-0.3, -0.25) is 0 Å². The smallest absolute Gasteiger partial charge is 0.0925 e. The molecule has 1 heterocycles. The summed E-state index contributed by atoms with van der Waals surface area (Å²) < 4.78 is 0. The molecule has 0 aliphatic carbocycles. The molecule has 1 rings (SSSR count). The summed E-state index contributed by atoms with van der Waals surface area (Å²) in [6, 6.07) is 0. The first-order chi connectivity index (χ1) is 3.30. The molecule has 1 aromatic heterocycles. The van der Waals surface area contributed by atoms with Crippen LogP contribution in [0.15, 0.2) is 6.33 Å². The number of aromatic nitrogens is 2. The van der Waals surface area contributed by atoms with E-state index in [9.17, 15) is 0 Å². The molecule has 0 amide bonds. The molecule has 0 saturated carbocycles. The van der Waals surface area contributed by atoms with Crippen LogP contribution in [-0.2, 0) is 53.3 Å². The predicted molar refractivity (Wildman–Crippen MR) is 28.1 cm³/mol. The summed E-state index contributed by atoms with van der Waals surface area (Å²) in [5, 5.41) is 0. The normalized spacial score (nSPS) is 6.60. The monoisotopic (exact) mass is 282 g/mol. The first-order valence-electron chi connectivity index (χ1n) is 2.27. The Hall–Kier alpha value is 0.859. The van der Waals surface area contributed by atoms with Crippen molar-refractivity contribution in [2.24, 2.45) is 0 Å². The Morgan fingerprint density at radius 1 is 1.40 bits per heavy atom. The van der Waals surface area contributed by atoms with E-state index in [1.54, 1.807) is 6.33 Å². The summed E-state index contributed by atoms with van der Waals surface area (Å²) in [4.78, 5) is 6.92. The maximum Gasteiger partial charge on any atom is 0.0925 e. The van der Waals surface area contributed by atoms with Crippen molar-refractivity contribution in [2.75, 3.05) is 0 Å². The largest absolute Gasteiger partial charge is 0.348 e. The van der Waals surface area contributed by atoms with Crippen molar-refractivity contribution in [3.63, 3.8) is 0 Å². The Morgan fingerprint density at radius 2 is 1.90 bits per heavy atom. The van der Waals surface area contributed by atoms with Crippen molar-refractivity contribution >= 4 is 0 Å². The molecule has 0 fully saturated rings. The molecule has 2 radical (unpaired) electrons. The third-order valence-electron chi connectivity index (χ3n) is 1.08. The number of nitrogens with one attached hydrogen (secondary N) is 1. The van der Waals surface area contributed by atoms with Crippen LogP contribution in [0.1, 0.15) is 11.4 Å². The molecule has 0 aliphatic rings. The second kappa shape index (κ2) is 7.96. The number of hydrogen-bond donors (Lipinski definition) is 1. The summed E-state index contributed by atoms with van der Waals surface area (Å²) in [6.07, 6.45) is 1.70. The quantitative estimate of drug-likeness (QED) is 0.708. The molecule has 2 nitrogen and oxygen atoms in total. The Kier molecular flexibility index (Phi) is 13.6. The molecule has 0 atom stereocenters. The second-order valence-corrected chi connectivity index (χ2v) is 1.61. The zero-order valence-corrected chi connectivity index (χ0v) is 10.8. The van der Waals surface area contributed by atoms with Gasteiger partial charge in [0, 0.05) is 59.0 Å². The van der Waals surface area contributed by atoms with Crippen LogP contribution in [0.3, 0.4) is 0 Å². The number of aryl methyl sites for hydroxylation is 2. The standard InChI is InChI=1S/C5H8N2.Co.Cu.Zn/c1-4-5(2)7-3-6-4;;;/h3H,1-2H3,(H,6,7);;;. The van der Waals surface area contributed by atoms with E-state index in [0.717, 1.165) is 11.4 Å². The number of imidazole rings is 1. The number of hydrogen-bond acceptors (Lipinski definition) is 1. The molecule has 1 N–H and O–H groups in total. The van der Waals surface area contributed by atoms with Crippen LogP contribution in [0.25, 0.3) is 0 Å². The Balaban J connectivity index is -0.000000163. The van der Waals surface area contributed by atoms with E-state index in [0.29, 0.717) is 0 Å². The first kappa shape index (κ1) is 17.1. The fourth-order valence-electron chi connectivity index (χ4n) is 0.427. The van der Waals surface area contributed by atoms with Crippen molar-refractivity contribution in [1.82, 2.24) is 9.97 Å². The van der Waals surface area contributed by atoms with Crippen LogP contribution in [0.4, 0.5) is 0 Å². The zero-order chi connectivity index (χ0) is 5.28. The number of H-pyrrole nitrogens is 1. The van der Waals surface area contributed by atoms with Gasteiger partial charge in [-0.2, -0.15) is 0 Å². The number of nitrogens with zero attached hydrogens (tertiary/aromatic N) is 1. The van der Waals surface area contributed by atoms with Crippen molar-refractivity contribution in [2.45, 2.75) is 13.8 Å². The van der Waals surface area contributed by atoms with Gasteiger partial charge >= 0.3 is 0 Å². The van der Waals surface area contributed by atoms with Crippen molar-refractivity contribution in [3.05, 3.63) is 17.7 Å². The zero-order valence-electron chi connectivity index (χ0n) is 5.87. The minimum absolute atomic E-state index is 0. The van der Waals surface area contributed by atoms with Gasteiger partial charge in [0.15, 0.2) is 0 Å². The maximum atomic E-state index is 3.96. The Morgan fingerprint density at radius 3 is 2.00 bits per heavy atom. The Bertz CT molecular complexity index is 152. The van der Waals surface area contributed by atoms with E-state index in [4.69, 9.17) is 0 Å². The minimum Gasteiger partial charge on any atom is -0.348 e. The number of aromatic amines is 1. The molecule has 1 aromatic rings. The van der Waals surface area contributed by atoms with Crippen LogP contribution >= 0.6 is 0 Å². The van der Waals surface area contributed by atoms with E-state index >= 15 is 0 Å². The van der Waals surface area contributed by atoms with Gasteiger partial charge < -0.3 is 4.98 Å². The van der Waals surface area contributed by atoms with Crippen LogP contribution in [-0.4, -0.2) is 9.97 Å². The van der Waals surface area contributed by atoms with Gasteiger partial charge in [0.05, 0.1) is 12.0 Å². The van der Waals surface area contributed by atoms with Crippen LogP contribution in [0, 0.1) is 13.8 Å². The topological polar surface area (TPSA) is 28.7 Å². The predicted octanol–water partition coefficient (Wildman–Crippen LogP) is 1.02.